The number of halogens is 1. The number of benzene rings is 1. The maximum absolute atomic E-state index is 11.9. The molecule has 1 fully saturated rings. The minimum atomic E-state index is 0. The fourth-order valence-electron chi connectivity index (χ4n) is 3.26. The van der Waals surface area contributed by atoms with E-state index in [2.05, 4.69) is 32.5 Å². The van der Waals surface area contributed by atoms with Crippen molar-refractivity contribution in [3.05, 3.63) is 35.4 Å². The van der Waals surface area contributed by atoms with Crippen molar-refractivity contribution >= 4 is 35.8 Å². The molecular weight excluding hydrogens is 479 g/mol. The highest BCUT2D eigenvalue weighted by molar-refractivity contribution is 14.0. The number of amides is 1. The van der Waals surface area contributed by atoms with Gasteiger partial charge < -0.3 is 25.3 Å². The molecule has 1 aromatic carbocycles. The first-order valence-electron chi connectivity index (χ1n) is 10.2. The van der Waals surface area contributed by atoms with Gasteiger partial charge >= 0.3 is 0 Å². The summed E-state index contributed by atoms with van der Waals surface area (Å²) in [5, 5.41) is 6.72. The summed E-state index contributed by atoms with van der Waals surface area (Å²) in [7, 11) is 7.52. The van der Waals surface area contributed by atoms with Crippen LogP contribution in [0.5, 0.6) is 0 Å². The van der Waals surface area contributed by atoms with Crippen LogP contribution in [0, 0.1) is 0 Å². The highest BCUT2D eigenvalue weighted by Crippen LogP contribution is 2.06. The molecule has 0 saturated carbocycles. The highest BCUT2D eigenvalue weighted by atomic mass is 127. The number of hydrogen-bond acceptors (Lipinski definition) is 4. The summed E-state index contributed by atoms with van der Waals surface area (Å²) in [6.45, 7) is 7.43. The van der Waals surface area contributed by atoms with Crippen LogP contribution in [0.3, 0.4) is 0 Å². The normalized spacial score (nSPS) is 15.9. The molecule has 164 valence electrons. The first kappa shape index (κ1) is 25.6. The molecule has 1 saturated heterocycles. The van der Waals surface area contributed by atoms with Gasteiger partial charge in [0.25, 0.3) is 5.91 Å². The van der Waals surface area contributed by atoms with Gasteiger partial charge in [-0.15, -0.1) is 24.0 Å². The predicted molar refractivity (Wildman–Crippen MR) is 131 cm³/mol. The second-order valence-corrected chi connectivity index (χ2v) is 7.60. The van der Waals surface area contributed by atoms with Gasteiger partial charge in [0.1, 0.15) is 0 Å². The second-order valence-electron chi connectivity index (χ2n) is 7.60. The van der Waals surface area contributed by atoms with Crippen molar-refractivity contribution in [1.82, 2.24) is 25.3 Å². The van der Waals surface area contributed by atoms with Gasteiger partial charge in [0.2, 0.25) is 0 Å². The third-order valence-corrected chi connectivity index (χ3v) is 5.05. The second kappa shape index (κ2) is 13.8. The maximum atomic E-state index is 11.9. The molecule has 0 unspecified atom stereocenters. The fraction of sp³-hybridized carbons (Fsp3) is 0.619. The molecule has 0 aromatic heterocycles. The Kier molecular flexibility index (Phi) is 12.2. The zero-order chi connectivity index (χ0) is 20.4. The number of hydrogen-bond donors (Lipinski definition) is 2. The van der Waals surface area contributed by atoms with Crippen molar-refractivity contribution in [3.8, 4) is 0 Å². The van der Waals surface area contributed by atoms with Gasteiger partial charge in [-0.2, -0.15) is 0 Å². The lowest BCUT2D eigenvalue weighted by Gasteiger charge is -2.20. The van der Waals surface area contributed by atoms with Gasteiger partial charge in [-0.05, 0) is 57.2 Å². The molecule has 0 aliphatic carbocycles. The molecule has 1 aliphatic heterocycles. The topological polar surface area (TPSA) is 63.2 Å². The van der Waals surface area contributed by atoms with E-state index in [1.165, 1.54) is 19.5 Å². The van der Waals surface area contributed by atoms with E-state index < -0.39 is 0 Å². The Morgan fingerprint density at radius 3 is 2.48 bits per heavy atom. The molecule has 2 rings (SSSR count). The van der Waals surface area contributed by atoms with E-state index in [-0.39, 0.29) is 29.9 Å². The van der Waals surface area contributed by atoms with E-state index in [1.54, 1.807) is 26.0 Å². The van der Waals surface area contributed by atoms with Gasteiger partial charge in [0, 0.05) is 52.9 Å². The third-order valence-electron chi connectivity index (χ3n) is 5.05. The monoisotopic (exact) mass is 516 g/mol. The molecule has 0 radical (unpaired) electrons. The van der Waals surface area contributed by atoms with E-state index in [0.29, 0.717) is 12.1 Å². The summed E-state index contributed by atoms with van der Waals surface area (Å²) in [4.78, 5) is 22.8. The van der Waals surface area contributed by atoms with Crippen LogP contribution < -0.4 is 10.6 Å². The lowest BCUT2D eigenvalue weighted by atomic mass is 10.1. The van der Waals surface area contributed by atoms with Crippen LogP contribution in [0.15, 0.2) is 29.3 Å². The predicted octanol–water partition coefficient (Wildman–Crippen LogP) is 1.70. The Morgan fingerprint density at radius 1 is 1.10 bits per heavy atom. The quantitative estimate of drug-likeness (QED) is 0.250. The number of aliphatic imine (C=N–C) groups is 1. The molecular formula is C21H37IN6O. The number of nitrogens with zero attached hydrogens (tertiary/aromatic N) is 4. The minimum Gasteiger partial charge on any atom is -0.356 e. The molecule has 0 bridgehead atoms. The molecule has 0 atom stereocenters. The Morgan fingerprint density at radius 2 is 1.83 bits per heavy atom. The van der Waals surface area contributed by atoms with Crippen LogP contribution in [0.1, 0.15) is 28.8 Å². The average molecular weight is 516 g/mol. The van der Waals surface area contributed by atoms with Crippen molar-refractivity contribution in [2.45, 2.75) is 19.4 Å². The Labute approximate surface area is 192 Å². The number of guanidine groups is 1. The molecule has 0 spiro atoms. The summed E-state index contributed by atoms with van der Waals surface area (Å²) in [5.74, 6) is 0.831. The fourth-order valence-corrected chi connectivity index (χ4v) is 3.26. The molecule has 1 aromatic rings. The zero-order valence-corrected chi connectivity index (χ0v) is 20.6. The number of nitrogens with one attached hydrogen (secondary N) is 2. The van der Waals surface area contributed by atoms with Crippen LogP contribution in [-0.2, 0) is 6.54 Å². The Bertz CT molecular complexity index is 635. The summed E-state index contributed by atoms with van der Waals surface area (Å²) >= 11 is 0. The van der Waals surface area contributed by atoms with E-state index in [9.17, 15) is 4.79 Å². The van der Waals surface area contributed by atoms with Crippen LogP contribution in [0.25, 0.3) is 0 Å². The van der Waals surface area contributed by atoms with Gasteiger partial charge in [-0.1, -0.05) is 12.1 Å². The van der Waals surface area contributed by atoms with E-state index in [0.717, 1.165) is 44.1 Å². The lowest BCUT2D eigenvalue weighted by molar-refractivity contribution is 0.0827. The average Bonchev–Trinajstić information content (AvgIpc) is 2.91. The molecule has 1 heterocycles. The van der Waals surface area contributed by atoms with Crippen LogP contribution in [-0.4, -0.2) is 94.0 Å². The van der Waals surface area contributed by atoms with Crippen molar-refractivity contribution in [2.75, 3.05) is 67.5 Å². The van der Waals surface area contributed by atoms with Gasteiger partial charge in [-0.25, -0.2) is 0 Å². The molecule has 2 N–H and O–H groups in total. The van der Waals surface area contributed by atoms with Crippen LogP contribution >= 0.6 is 24.0 Å². The summed E-state index contributed by atoms with van der Waals surface area (Å²) in [5.41, 5.74) is 1.82. The minimum absolute atomic E-state index is 0. The third kappa shape index (κ3) is 9.31. The molecule has 7 nitrogen and oxygen atoms in total. The largest absolute Gasteiger partial charge is 0.356 e. The molecule has 29 heavy (non-hydrogen) atoms. The van der Waals surface area contributed by atoms with E-state index in [4.69, 9.17) is 0 Å². The maximum Gasteiger partial charge on any atom is 0.253 e. The number of carbonyl (C=O) groups is 1. The molecule has 1 aliphatic rings. The molecule has 1 amide bonds. The standard InChI is InChI=1S/C21H36N6O.HI/c1-22-21(23-11-5-13-27-14-6-12-26(4)15-16-27)24-17-18-7-9-19(10-8-18)20(28)25(2)3;/h7-10H,5-6,11-17H2,1-4H3,(H2,22,23,24);1H. The van der Waals surface area contributed by atoms with Crippen molar-refractivity contribution in [1.29, 1.82) is 0 Å². The lowest BCUT2D eigenvalue weighted by Crippen LogP contribution is -2.38. The number of carbonyl (C=O) groups excluding carboxylic acids is 1. The molecule has 8 heteroatoms. The van der Waals surface area contributed by atoms with E-state index >= 15 is 0 Å². The Balaban J connectivity index is 0.00000420. The Hall–Kier alpha value is -1.39. The summed E-state index contributed by atoms with van der Waals surface area (Å²) in [6, 6.07) is 7.70. The van der Waals surface area contributed by atoms with Crippen LogP contribution in [0.2, 0.25) is 0 Å². The van der Waals surface area contributed by atoms with Gasteiger partial charge in [-0.3, -0.25) is 9.79 Å². The van der Waals surface area contributed by atoms with Gasteiger partial charge in [0.15, 0.2) is 5.96 Å². The zero-order valence-electron chi connectivity index (χ0n) is 18.3. The smallest absolute Gasteiger partial charge is 0.253 e. The first-order valence-corrected chi connectivity index (χ1v) is 10.2. The van der Waals surface area contributed by atoms with Gasteiger partial charge in [0.05, 0.1) is 0 Å². The van der Waals surface area contributed by atoms with Crippen molar-refractivity contribution in [3.63, 3.8) is 0 Å². The van der Waals surface area contributed by atoms with Crippen LogP contribution in [0.4, 0.5) is 0 Å². The van der Waals surface area contributed by atoms with E-state index in [1.807, 2.05) is 24.3 Å². The number of likely N-dealkylation sites (N-methyl/N-ethyl adjacent to an activating group) is 1. The highest BCUT2D eigenvalue weighted by Gasteiger charge is 2.11. The van der Waals surface area contributed by atoms with Crippen molar-refractivity contribution in [2.24, 2.45) is 4.99 Å². The SMILES string of the molecule is CN=C(NCCCN1CCCN(C)CC1)NCc1ccc(C(=O)N(C)C)cc1.I. The van der Waals surface area contributed by atoms with Crippen molar-refractivity contribution < 1.29 is 4.79 Å². The first-order chi connectivity index (χ1) is 13.5. The summed E-state index contributed by atoms with van der Waals surface area (Å²) < 4.78 is 0. The summed E-state index contributed by atoms with van der Waals surface area (Å²) in [6.07, 6.45) is 2.36. The number of rotatable bonds is 7.